The summed E-state index contributed by atoms with van der Waals surface area (Å²) < 4.78 is 5.25. The normalized spacial score (nSPS) is 11.2. The summed E-state index contributed by atoms with van der Waals surface area (Å²) in [7, 11) is 0. The maximum absolute atomic E-state index is 12.2. The summed E-state index contributed by atoms with van der Waals surface area (Å²) in [5.74, 6) is -0.992. The van der Waals surface area contributed by atoms with Crippen molar-refractivity contribution >= 4 is 17.6 Å². The van der Waals surface area contributed by atoms with Crippen LogP contribution in [-0.2, 0) is 9.53 Å². The molecular weight excluding hydrogens is 304 g/mol. The number of aryl methyl sites for hydroxylation is 2. The number of rotatable bonds is 4. The van der Waals surface area contributed by atoms with Crippen molar-refractivity contribution in [2.75, 3.05) is 5.32 Å². The van der Waals surface area contributed by atoms with E-state index in [1.165, 1.54) is 6.92 Å². The first kappa shape index (κ1) is 17.2. The van der Waals surface area contributed by atoms with Crippen LogP contribution in [0.1, 0.15) is 34.0 Å². The molecule has 0 aliphatic heterocycles. The third-order valence-electron chi connectivity index (χ3n) is 3.53. The molecule has 5 heteroatoms. The second kappa shape index (κ2) is 7.42. The summed E-state index contributed by atoms with van der Waals surface area (Å²) in [6.45, 7) is 5.20. The van der Waals surface area contributed by atoms with Gasteiger partial charge in [-0.15, -0.1) is 0 Å². The number of carbonyl (C=O) groups is 2. The quantitative estimate of drug-likeness (QED) is 0.875. The summed E-state index contributed by atoms with van der Waals surface area (Å²) in [6, 6.07) is 14.0. The van der Waals surface area contributed by atoms with Crippen molar-refractivity contribution in [3.63, 3.8) is 0 Å². The molecule has 0 aliphatic carbocycles. The number of benzene rings is 2. The summed E-state index contributed by atoms with van der Waals surface area (Å²) in [6.07, 6.45) is -0.955. The van der Waals surface area contributed by atoms with Crippen molar-refractivity contribution in [2.24, 2.45) is 0 Å². The molecule has 0 aliphatic rings. The molecule has 1 unspecified atom stereocenters. The average molecular weight is 322 g/mol. The van der Waals surface area contributed by atoms with Gasteiger partial charge in [0.1, 0.15) is 0 Å². The maximum atomic E-state index is 12.2. The van der Waals surface area contributed by atoms with E-state index in [1.54, 1.807) is 30.3 Å². The van der Waals surface area contributed by atoms with Gasteiger partial charge < -0.3 is 10.1 Å². The molecule has 0 radical (unpaired) electrons. The SMILES string of the molecule is Cc1ccc(C)c(C(=O)OC(C)C(=O)Nc2cccc(C#N)c2)c1. The molecule has 0 spiro atoms. The zero-order valence-electron chi connectivity index (χ0n) is 13.8. The number of ether oxygens (including phenoxy) is 1. The van der Waals surface area contributed by atoms with Gasteiger partial charge in [0.2, 0.25) is 0 Å². The first-order valence-corrected chi connectivity index (χ1v) is 7.50. The van der Waals surface area contributed by atoms with Gasteiger partial charge in [-0.25, -0.2) is 4.79 Å². The molecule has 2 aromatic rings. The zero-order chi connectivity index (χ0) is 17.7. The lowest BCUT2D eigenvalue weighted by Crippen LogP contribution is -2.30. The van der Waals surface area contributed by atoms with Gasteiger partial charge in [-0.05, 0) is 50.6 Å². The Labute approximate surface area is 140 Å². The number of nitrogens with zero attached hydrogens (tertiary/aromatic N) is 1. The molecule has 0 saturated carbocycles. The minimum absolute atomic E-state index is 0.438. The Morgan fingerprint density at radius 1 is 1.17 bits per heavy atom. The largest absolute Gasteiger partial charge is 0.449 e. The fourth-order valence-electron chi connectivity index (χ4n) is 2.14. The molecule has 2 aromatic carbocycles. The molecule has 0 heterocycles. The second-order valence-corrected chi connectivity index (χ2v) is 5.55. The third-order valence-corrected chi connectivity index (χ3v) is 3.53. The Bertz CT molecular complexity index is 822. The van der Waals surface area contributed by atoms with Crippen LogP contribution >= 0.6 is 0 Å². The van der Waals surface area contributed by atoms with Crippen molar-refractivity contribution in [3.8, 4) is 6.07 Å². The Balaban J connectivity index is 2.04. The van der Waals surface area contributed by atoms with E-state index in [0.29, 0.717) is 16.8 Å². The molecule has 1 N–H and O–H groups in total. The van der Waals surface area contributed by atoms with E-state index in [-0.39, 0.29) is 0 Å². The predicted molar refractivity (Wildman–Crippen MR) is 90.6 cm³/mol. The van der Waals surface area contributed by atoms with Crippen LogP contribution in [0.25, 0.3) is 0 Å². The summed E-state index contributed by atoms with van der Waals surface area (Å²) >= 11 is 0. The van der Waals surface area contributed by atoms with Gasteiger partial charge in [-0.3, -0.25) is 4.79 Å². The standard InChI is InChI=1S/C19H18N2O3/c1-12-7-8-13(2)17(9-12)19(23)24-14(3)18(22)21-16-6-4-5-15(10-16)11-20/h4-10,14H,1-3H3,(H,21,22). The maximum Gasteiger partial charge on any atom is 0.339 e. The number of nitriles is 1. The van der Waals surface area contributed by atoms with Gasteiger partial charge in [0.25, 0.3) is 5.91 Å². The fraction of sp³-hybridized carbons (Fsp3) is 0.211. The van der Waals surface area contributed by atoms with Crippen molar-refractivity contribution in [3.05, 3.63) is 64.7 Å². The zero-order valence-corrected chi connectivity index (χ0v) is 13.8. The van der Waals surface area contributed by atoms with E-state index >= 15 is 0 Å². The van der Waals surface area contributed by atoms with Crippen molar-refractivity contribution in [1.82, 2.24) is 0 Å². The monoisotopic (exact) mass is 322 g/mol. The van der Waals surface area contributed by atoms with Crippen LogP contribution in [-0.4, -0.2) is 18.0 Å². The van der Waals surface area contributed by atoms with Gasteiger partial charge in [0.15, 0.2) is 6.10 Å². The van der Waals surface area contributed by atoms with E-state index < -0.39 is 18.0 Å². The summed E-state index contributed by atoms with van der Waals surface area (Å²) in [5, 5.41) is 11.5. The first-order chi connectivity index (χ1) is 11.4. The molecule has 1 atom stereocenters. The molecule has 1 amide bonds. The van der Waals surface area contributed by atoms with E-state index in [2.05, 4.69) is 5.32 Å². The Hall–Kier alpha value is -3.13. The van der Waals surface area contributed by atoms with Crippen LogP contribution in [0.15, 0.2) is 42.5 Å². The first-order valence-electron chi connectivity index (χ1n) is 7.50. The van der Waals surface area contributed by atoms with Gasteiger partial charge in [-0.2, -0.15) is 5.26 Å². The minimum Gasteiger partial charge on any atom is -0.449 e. The Morgan fingerprint density at radius 2 is 1.92 bits per heavy atom. The predicted octanol–water partition coefficient (Wildman–Crippen LogP) is 3.36. The molecular formula is C19H18N2O3. The average Bonchev–Trinajstić information content (AvgIpc) is 2.57. The highest BCUT2D eigenvalue weighted by Crippen LogP contribution is 2.14. The van der Waals surface area contributed by atoms with Gasteiger partial charge >= 0.3 is 5.97 Å². The van der Waals surface area contributed by atoms with Crippen molar-refractivity contribution < 1.29 is 14.3 Å². The van der Waals surface area contributed by atoms with Crippen LogP contribution in [0.4, 0.5) is 5.69 Å². The number of nitrogens with one attached hydrogen (secondary N) is 1. The number of hydrogen-bond acceptors (Lipinski definition) is 4. The number of esters is 1. The molecule has 0 fully saturated rings. The topological polar surface area (TPSA) is 79.2 Å². The van der Waals surface area contributed by atoms with Crippen LogP contribution in [0.2, 0.25) is 0 Å². The highest BCUT2D eigenvalue weighted by molar-refractivity contribution is 5.98. The van der Waals surface area contributed by atoms with E-state index in [4.69, 9.17) is 10.00 Å². The highest BCUT2D eigenvalue weighted by Gasteiger charge is 2.20. The Morgan fingerprint density at radius 3 is 2.62 bits per heavy atom. The summed E-state index contributed by atoms with van der Waals surface area (Å²) in [4.78, 5) is 24.4. The third kappa shape index (κ3) is 4.20. The number of carbonyl (C=O) groups excluding carboxylic acids is 2. The van der Waals surface area contributed by atoms with E-state index in [0.717, 1.165) is 11.1 Å². The molecule has 24 heavy (non-hydrogen) atoms. The van der Waals surface area contributed by atoms with Gasteiger partial charge in [0, 0.05) is 5.69 Å². The molecule has 2 rings (SSSR count). The Kier molecular flexibility index (Phi) is 5.33. The lowest BCUT2D eigenvalue weighted by molar-refractivity contribution is -0.123. The van der Waals surface area contributed by atoms with Crippen molar-refractivity contribution in [2.45, 2.75) is 26.9 Å². The summed E-state index contributed by atoms with van der Waals surface area (Å²) in [5.41, 5.74) is 3.10. The van der Waals surface area contributed by atoms with Crippen LogP contribution in [0.5, 0.6) is 0 Å². The second-order valence-electron chi connectivity index (χ2n) is 5.55. The van der Waals surface area contributed by atoms with Gasteiger partial charge in [0.05, 0.1) is 17.2 Å². The smallest absolute Gasteiger partial charge is 0.339 e. The van der Waals surface area contributed by atoms with E-state index in [9.17, 15) is 9.59 Å². The molecule has 0 saturated heterocycles. The van der Waals surface area contributed by atoms with E-state index in [1.807, 2.05) is 32.0 Å². The number of hydrogen-bond donors (Lipinski definition) is 1. The molecule has 0 aromatic heterocycles. The molecule has 122 valence electrons. The lowest BCUT2D eigenvalue weighted by Gasteiger charge is -2.14. The lowest BCUT2D eigenvalue weighted by atomic mass is 10.1. The molecule has 0 bridgehead atoms. The fourth-order valence-corrected chi connectivity index (χ4v) is 2.14. The highest BCUT2D eigenvalue weighted by atomic mass is 16.5. The molecule has 5 nitrogen and oxygen atoms in total. The van der Waals surface area contributed by atoms with Crippen LogP contribution < -0.4 is 5.32 Å². The number of anilines is 1. The van der Waals surface area contributed by atoms with Crippen LogP contribution in [0, 0.1) is 25.2 Å². The minimum atomic E-state index is -0.955. The van der Waals surface area contributed by atoms with Crippen LogP contribution in [0.3, 0.4) is 0 Å². The number of amides is 1. The van der Waals surface area contributed by atoms with Gasteiger partial charge in [-0.1, -0.05) is 23.8 Å². The van der Waals surface area contributed by atoms with Crippen molar-refractivity contribution in [1.29, 1.82) is 5.26 Å².